The average Bonchev–Trinajstić information content (AvgIpc) is 2.54. The maximum Gasteiger partial charge on any atom is 0.320 e. The van der Waals surface area contributed by atoms with E-state index in [2.05, 4.69) is 9.71 Å². The number of benzene rings is 1. The van der Waals surface area contributed by atoms with E-state index in [-0.39, 0.29) is 5.69 Å². The van der Waals surface area contributed by atoms with Crippen LogP contribution in [0.2, 0.25) is 0 Å². The second-order valence-corrected chi connectivity index (χ2v) is 5.39. The number of fused-ring (bicyclic) bond motifs is 1. The third-order valence-corrected chi connectivity index (χ3v) is 3.26. The molecule has 0 spiro atoms. The number of carbonyl (C=O) groups is 1. The van der Waals surface area contributed by atoms with Crippen molar-refractivity contribution in [3.63, 3.8) is 0 Å². The Labute approximate surface area is 102 Å². The lowest BCUT2D eigenvalue weighted by Gasteiger charge is -2.05. The summed E-state index contributed by atoms with van der Waals surface area (Å²) in [6.07, 6.45) is 0. The van der Waals surface area contributed by atoms with Gasteiger partial charge in [-0.3, -0.25) is 9.52 Å². The molecule has 0 radical (unpaired) electrons. The molecule has 2 rings (SSSR count). The van der Waals surface area contributed by atoms with Gasteiger partial charge in [0.2, 0.25) is 10.0 Å². The van der Waals surface area contributed by atoms with Crippen molar-refractivity contribution in [1.82, 2.24) is 4.98 Å². The van der Waals surface area contributed by atoms with Crippen molar-refractivity contribution in [3.05, 3.63) is 24.1 Å². The van der Waals surface area contributed by atoms with Crippen LogP contribution in [0, 0.1) is 6.92 Å². The molecule has 0 unspecified atom stereocenters. The molecule has 18 heavy (non-hydrogen) atoms. The maximum atomic E-state index is 11.4. The molecule has 8 heteroatoms. The Bertz CT molecular complexity index is 704. The van der Waals surface area contributed by atoms with Crippen LogP contribution in [0.25, 0.3) is 11.1 Å². The number of oxazole rings is 1. The van der Waals surface area contributed by atoms with E-state index >= 15 is 0 Å². The largest absolute Gasteiger partial charge is 0.480 e. The van der Waals surface area contributed by atoms with Gasteiger partial charge >= 0.3 is 5.97 Å². The van der Waals surface area contributed by atoms with Gasteiger partial charge in [-0.1, -0.05) is 0 Å². The quantitative estimate of drug-likeness (QED) is 0.856. The predicted octanol–water partition coefficient (Wildman–Crippen LogP) is 0.963. The fourth-order valence-electron chi connectivity index (χ4n) is 1.48. The first-order valence-corrected chi connectivity index (χ1v) is 6.60. The van der Waals surface area contributed by atoms with Crippen LogP contribution in [0.3, 0.4) is 0 Å². The third-order valence-electron chi connectivity index (χ3n) is 2.08. The van der Waals surface area contributed by atoms with Crippen LogP contribution in [0.15, 0.2) is 22.6 Å². The van der Waals surface area contributed by atoms with Crippen LogP contribution < -0.4 is 4.72 Å². The Morgan fingerprint density at radius 2 is 2.22 bits per heavy atom. The molecule has 0 amide bonds. The summed E-state index contributed by atoms with van der Waals surface area (Å²) in [5.74, 6) is -1.93. The first-order chi connectivity index (χ1) is 8.35. The van der Waals surface area contributed by atoms with Crippen molar-refractivity contribution in [3.8, 4) is 0 Å². The van der Waals surface area contributed by atoms with Crippen LogP contribution in [0.1, 0.15) is 5.89 Å². The summed E-state index contributed by atoms with van der Waals surface area (Å²) in [6, 6.07) is 4.52. The Kier molecular flexibility index (Phi) is 2.95. The van der Waals surface area contributed by atoms with E-state index < -0.39 is 21.7 Å². The van der Waals surface area contributed by atoms with Gasteiger partial charge in [0.05, 0.1) is 5.69 Å². The van der Waals surface area contributed by atoms with Crippen LogP contribution in [-0.4, -0.2) is 30.2 Å². The summed E-state index contributed by atoms with van der Waals surface area (Å²) in [5.41, 5.74) is 1.29. The molecular weight excluding hydrogens is 260 g/mol. The first-order valence-electron chi connectivity index (χ1n) is 4.95. The van der Waals surface area contributed by atoms with E-state index in [1.54, 1.807) is 13.0 Å². The molecule has 0 aliphatic heterocycles. The van der Waals surface area contributed by atoms with Crippen molar-refractivity contribution >= 4 is 32.8 Å². The smallest absolute Gasteiger partial charge is 0.320 e. The highest BCUT2D eigenvalue weighted by Crippen LogP contribution is 2.20. The van der Waals surface area contributed by atoms with E-state index in [9.17, 15) is 13.2 Å². The number of carboxylic acid groups (broad SMARTS) is 1. The number of nitrogens with one attached hydrogen (secondary N) is 1. The minimum atomic E-state index is -3.90. The number of aliphatic carboxylic acids is 1. The number of hydrogen-bond donors (Lipinski definition) is 2. The van der Waals surface area contributed by atoms with Crippen molar-refractivity contribution in [2.24, 2.45) is 0 Å². The monoisotopic (exact) mass is 270 g/mol. The molecule has 1 heterocycles. The second kappa shape index (κ2) is 4.30. The molecule has 2 N–H and O–H groups in total. The maximum absolute atomic E-state index is 11.4. The van der Waals surface area contributed by atoms with E-state index in [1.165, 1.54) is 12.1 Å². The van der Waals surface area contributed by atoms with Crippen molar-refractivity contribution in [2.75, 3.05) is 10.5 Å². The van der Waals surface area contributed by atoms with Gasteiger partial charge in [0, 0.05) is 6.92 Å². The minimum absolute atomic E-state index is 0.247. The number of anilines is 1. The van der Waals surface area contributed by atoms with E-state index in [0.29, 0.717) is 17.0 Å². The highest BCUT2D eigenvalue weighted by Gasteiger charge is 2.16. The Morgan fingerprint density at radius 3 is 2.89 bits per heavy atom. The van der Waals surface area contributed by atoms with Crippen LogP contribution in [0.4, 0.5) is 5.69 Å². The van der Waals surface area contributed by atoms with Gasteiger partial charge in [0.1, 0.15) is 5.52 Å². The SMILES string of the molecule is Cc1nc2cc(NS(=O)(=O)CC(=O)O)ccc2o1. The second-order valence-electron chi connectivity index (χ2n) is 3.67. The molecule has 1 aromatic heterocycles. The van der Waals surface area contributed by atoms with Crippen LogP contribution in [0.5, 0.6) is 0 Å². The van der Waals surface area contributed by atoms with Gasteiger partial charge in [0.15, 0.2) is 17.2 Å². The summed E-state index contributed by atoms with van der Waals surface area (Å²) >= 11 is 0. The molecule has 0 saturated carbocycles. The average molecular weight is 270 g/mol. The molecule has 0 aliphatic rings. The molecule has 0 atom stereocenters. The number of nitrogens with zero attached hydrogens (tertiary/aromatic N) is 1. The summed E-state index contributed by atoms with van der Waals surface area (Å²) in [4.78, 5) is 14.4. The molecule has 2 aromatic rings. The Balaban J connectivity index is 2.29. The predicted molar refractivity (Wildman–Crippen MR) is 63.8 cm³/mol. The highest BCUT2D eigenvalue weighted by molar-refractivity contribution is 7.93. The molecule has 0 aliphatic carbocycles. The number of carboxylic acids is 1. The number of hydrogen-bond acceptors (Lipinski definition) is 5. The lowest BCUT2D eigenvalue weighted by atomic mass is 10.3. The van der Waals surface area contributed by atoms with Crippen molar-refractivity contribution in [1.29, 1.82) is 0 Å². The summed E-state index contributed by atoms with van der Waals surface area (Å²) < 4.78 is 30.2. The van der Waals surface area contributed by atoms with Crippen LogP contribution in [-0.2, 0) is 14.8 Å². The summed E-state index contributed by atoms with van der Waals surface area (Å²) in [5, 5.41) is 8.46. The van der Waals surface area contributed by atoms with Crippen LogP contribution >= 0.6 is 0 Å². The molecule has 0 saturated heterocycles. The standard InChI is InChI=1S/C10H10N2O5S/c1-6-11-8-4-7(2-3-9(8)17-6)12-18(15,16)5-10(13)14/h2-4,12H,5H2,1H3,(H,13,14). The zero-order valence-corrected chi connectivity index (χ0v) is 10.2. The topological polar surface area (TPSA) is 110 Å². The lowest BCUT2D eigenvalue weighted by molar-refractivity contribution is -0.134. The minimum Gasteiger partial charge on any atom is -0.480 e. The normalized spacial score (nSPS) is 11.6. The number of aromatic nitrogens is 1. The Morgan fingerprint density at radius 1 is 1.50 bits per heavy atom. The van der Waals surface area contributed by atoms with Crippen molar-refractivity contribution < 1.29 is 22.7 Å². The fourth-order valence-corrected chi connectivity index (χ4v) is 2.37. The van der Waals surface area contributed by atoms with Crippen molar-refractivity contribution in [2.45, 2.75) is 6.92 Å². The van der Waals surface area contributed by atoms with Gasteiger partial charge < -0.3 is 9.52 Å². The molecular formula is C10H10N2O5S. The van der Waals surface area contributed by atoms with E-state index in [1.807, 2.05) is 0 Å². The highest BCUT2D eigenvalue weighted by atomic mass is 32.2. The summed E-state index contributed by atoms with van der Waals surface area (Å²) in [7, 11) is -3.90. The fraction of sp³-hybridized carbons (Fsp3) is 0.200. The summed E-state index contributed by atoms with van der Waals surface area (Å²) in [6.45, 7) is 1.67. The Hall–Kier alpha value is -2.09. The third kappa shape index (κ3) is 2.77. The van der Waals surface area contributed by atoms with Gasteiger partial charge in [-0.2, -0.15) is 0 Å². The zero-order chi connectivity index (χ0) is 13.3. The molecule has 0 bridgehead atoms. The number of aryl methyl sites for hydroxylation is 1. The number of rotatable bonds is 4. The first kappa shape index (κ1) is 12.4. The van der Waals surface area contributed by atoms with Gasteiger partial charge in [-0.25, -0.2) is 13.4 Å². The van der Waals surface area contributed by atoms with E-state index in [0.717, 1.165) is 0 Å². The zero-order valence-electron chi connectivity index (χ0n) is 9.37. The molecule has 1 aromatic carbocycles. The van der Waals surface area contributed by atoms with Gasteiger partial charge in [-0.15, -0.1) is 0 Å². The molecule has 7 nitrogen and oxygen atoms in total. The number of sulfonamides is 1. The molecule has 0 fully saturated rings. The van der Waals surface area contributed by atoms with Gasteiger partial charge in [0.25, 0.3) is 0 Å². The van der Waals surface area contributed by atoms with Gasteiger partial charge in [-0.05, 0) is 18.2 Å². The van der Waals surface area contributed by atoms with E-state index in [4.69, 9.17) is 9.52 Å². The lowest BCUT2D eigenvalue weighted by Crippen LogP contribution is -2.22. The molecule has 96 valence electrons.